The SMILES string of the molecule is CC(c1ccccc1)C1CC[N]CC1. The largest absolute Gasteiger partial charge is 0.242 e. The molecular formula is C13H18N. The molecule has 1 heterocycles. The van der Waals surface area contributed by atoms with Crippen molar-refractivity contribution in [2.24, 2.45) is 5.92 Å². The van der Waals surface area contributed by atoms with Crippen LogP contribution < -0.4 is 5.32 Å². The number of rotatable bonds is 2. The first-order valence-corrected chi connectivity index (χ1v) is 5.56. The topological polar surface area (TPSA) is 14.1 Å². The molecule has 0 amide bonds. The van der Waals surface area contributed by atoms with Gasteiger partial charge in [-0.1, -0.05) is 37.3 Å². The quantitative estimate of drug-likeness (QED) is 0.677. The molecule has 1 aromatic rings. The van der Waals surface area contributed by atoms with Gasteiger partial charge in [0, 0.05) is 13.1 Å². The molecule has 1 atom stereocenters. The maximum Gasteiger partial charge on any atom is 0.0136 e. The van der Waals surface area contributed by atoms with Gasteiger partial charge in [0.2, 0.25) is 0 Å². The van der Waals surface area contributed by atoms with Gasteiger partial charge in [-0.2, -0.15) is 0 Å². The molecule has 1 unspecified atom stereocenters. The van der Waals surface area contributed by atoms with Gasteiger partial charge in [0.1, 0.15) is 0 Å². The molecule has 0 saturated carbocycles. The summed E-state index contributed by atoms with van der Waals surface area (Å²) in [6.07, 6.45) is 2.55. The minimum absolute atomic E-state index is 0.701. The van der Waals surface area contributed by atoms with Crippen LogP contribution in [0.4, 0.5) is 0 Å². The van der Waals surface area contributed by atoms with E-state index in [0.29, 0.717) is 5.92 Å². The molecule has 1 nitrogen and oxygen atoms in total. The molecule has 1 heteroatoms. The minimum atomic E-state index is 0.701. The van der Waals surface area contributed by atoms with Crippen molar-refractivity contribution >= 4 is 0 Å². The van der Waals surface area contributed by atoms with Crippen molar-refractivity contribution in [3.05, 3.63) is 35.9 Å². The molecule has 1 radical (unpaired) electrons. The number of hydrogen-bond donors (Lipinski definition) is 0. The summed E-state index contributed by atoms with van der Waals surface area (Å²) in [4.78, 5) is 0. The Morgan fingerprint density at radius 2 is 1.79 bits per heavy atom. The van der Waals surface area contributed by atoms with Crippen LogP contribution in [0.5, 0.6) is 0 Å². The van der Waals surface area contributed by atoms with Crippen molar-refractivity contribution in [2.45, 2.75) is 25.7 Å². The molecule has 0 bridgehead atoms. The van der Waals surface area contributed by atoms with Gasteiger partial charge in [0.05, 0.1) is 0 Å². The Hall–Kier alpha value is -0.820. The van der Waals surface area contributed by atoms with E-state index in [9.17, 15) is 0 Å². The lowest BCUT2D eigenvalue weighted by molar-refractivity contribution is 0.326. The molecule has 75 valence electrons. The molecule has 0 aromatic heterocycles. The summed E-state index contributed by atoms with van der Waals surface area (Å²) in [6, 6.07) is 10.9. The molecule has 1 aromatic carbocycles. The van der Waals surface area contributed by atoms with E-state index in [4.69, 9.17) is 0 Å². The first-order chi connectivity index (χ1) is 6.88. The number of piperidine rings is 1. The van der Waals surface area contributed by atoms with Crippen LogP contribution in [0, 0.1) is 5.92 Å². The number of benzene rings is 1. The van der Waals surface area contributed by atoms with E-state index in [1.54, 1.807) is 0 Å². The van der Waals surface area contributed by atoms with Gasteiger partial charge in [-0.3, -0.25) is 0 Å². The van der Waals surface area contributed by atoms with E-state index in [0.717, 1.165) is 19.0 Å². The van der Waals surface area contributed by atoms with E-state index in [-0.39, 0.29) is 0 Å². The molecular weight excluding hydrogens is 170 g/mol. The molecule has 1 fully saturated rings. The summed E-state index contributed by atoms with van der Waals surface area (Å²) in [6.45, 7) is 4.50. The van der Waals surface area contributed by atoms with Crippen LogP contribution in [-0.4, -0.2) is 13.1 Å². The summed E-state index contributed by atoms with van der Waals surface area (Å²) in [5.41, 5.74) is 1.49. The predicted molar refractivity (Wildman–Crippen MR) is 59.4 cm³/mol. The predicted octanol–water partition coefficient (Wildman–Crippen LogP) is 2.80. The Balaban J connectivity index is 2.03. The average molecular weight is 188 g/mol. The van der Waals surface area contributed by atoms with Crippen LogP contribution in [0.25, 0.3) is 0 Å². The summed E-state index contributed by atoms with van der Waals surface area (Å²) in [5.74, 6) is 1.54. The van der Waals surface area contributed by atoms with E-state index >= 15 is 0 Å². The highest BCUT2D eigenvalue weighted by molar-refractivity contribution is 5.19. The second-order valence-electron chi connectivity index (χ2n) is 4.21. The van der Waals surface area contributed by atoms with Crippen molar-refractivity contribution in [2.75, 3.05) is 13.1 Å². The maximum absolute atomic E-state index is 4.40. The van der Waals surface area contributed by atoms with E-state index in [1.165, 1.54) is 18.4 Å². The maximum atomic E-state index is 4.40. The van der Waals surface area contributed by atoms with Gasteiger partial charge in [-0.05, 0) is 30.2 Å². The van der Waals surface area contributed by atoms with Crippen molar-refractivity contribution in [3.8, 4) is 0 Å². The number of nitrogens with zero attached hydrogens (tertiary/aromatic N) is 1. The lowest BCUT2D eigenvalue weighted by Gasteiger charge is -2.27. The Kier molecular flexibility index (Phi) is 3.20. The van der Waals surface area contributed by atoms with E-state index < -0.39 is 0 Å². The van der Waals surface area contributed by atoms with Gasteiger partial charge >= 0.3 is 0 Å². The third-order valence-corrected chi connectivity index (χ3v) is 3.35. The molecule has 1 saturated heterocycles. The van der Waals surface area contributed by atoms with Gasteiger partial charge < -0.3 is 0 Å². The Labute approximate surface area is 86.5 Å². The molecule has 1 aliphatic rings. The second-order valence-corrected chi connectivity index (χ2v) is 4.21. The summed E-state index contributed by atoms with van der Waals surface area (Å²) < 4.78 is 0. The molecule has 0 N–H and O–H groups in total. The first kappa shape index (κ1) is 9.72. The fourth-order valence-electron chi connectivity index (χ4n) is 2.30. The van der Waals surface area contributed by atoms with Crippen molar-refractivity contribution in [1.29, 1.82) is 0 Å². The highest BCUT2D eigenvalue weighted by Gasteiger charge is 2.20. The standard InChI is InChI=1S/C13H18N/c1-11(12-5-3-2-4-6-12)13-7-9-14-10-8-13/h2-6,11,13H,7-10H2,1H3. The van der Waals surface area contributed by atoms with Crippen molar-refractivity contribution in [3.63, 3.8) is 0 Å². The van der Waals surface area contributed by atoms with Crippen LogP contribution in [0.2, 0.25) is 0 Å². The molecule has 1 aliphatic heterocycles. The van der Waals surface area contributed by atoms with Gasteiger partial charge in [0.25, 0.3) is 0 Å². The fourth-order valence-corrected chi connectivity index (χ4v) is 2.30. The van der Waals surface area contributed by atoms with Crippen LogP contribution >= 0.6 is 0 Å². The summed E-state index contributed by atoms with van der Waals surface area (Å²) in [5, 5.41) is 4.40. The zero-order valence-electron chi connectivity index (χ0n) is 8.82. The van der Waals surface area contributed by atoms with Crippen LogP contribution in [0.15, 0.2) is 30.3 Å². The number of hydrogen-bond acceptors (Lipinski definition) is 0. The third kappa shape index (κ3) is 2.16. The van der Waals surface area contributed by atoms with Gasteiger partial charge in [-0.25, -0.2) is 5.32 Å². The zero-order chi connectivity index (χ0) is 9.80. The minimum Gasteiger partial charge on any atom is -0.242 e. The van der Waals surface area contributed by atoms with Gasteiger partial charge in [0.15, 0.2) is 0 Å². The Morgan fingerprint density at radius 1 is 1.14 bits per heavy atom. The van der Waals surface area contributed by atoms with Crippen LogP contribution in [0.3, 0.4) is 0 Å². The van der Waals surface area contributed by atoms with Crippen molar-refractivity contribution < 1.29 is 0 Å². The van der Waals surface area contributed by atoms with Crippen LogP contribution in [-0.2, 0) is 0 Å². The van der Waals surface area contributed by atoms with E-state index in [2.05, 4.69) is 42.6 Å². The molecule has 0 aliphatic carbocycles. The van der Waals surface area contributed by atoms with E-state index in [1.807, 2.05) is 0 Å². The summed E-state index contributed by atoms with van der Waals surface area (Å²) >= 11 is 0. The fraction of sp³-hybridized carbons (Fsp3) is 0.538. The molecule has 0 spiro atoms. The van der Waals surface area contributed by atoms with Crippen LogP contribution in [0.1, 0.15) is 31.2 Å². The van der Waals surface area contributed by atoms with Gasteiger partial charge in [-0.15, -0.1) is 0 Å². The molecule has 14 heavy (non-hydrogen) atoms. The second kappa shape index (κ2) is 4.61. The molecule has 2 rings (SSSR count). The smallest absolute Gasteiger partial charge is 0.0136 e. The Bertz CT molecular complexity index is 262. The third-order valence-electron chi connectivity index (χ3n) is 3.35. The lowest BCUT2D eigenvalue weighted by atomic mass is 9.82. The first-order valence-electron chi connectivity index (χ1n) is 5.56. The Morgan fingerprint density at radius 3 is 2.43 bits per heavy atom. The average Bonchev–Trinajstić information content (AvgIpc) is 2.30. The zero-order valence-corrected chi connectivity index (χ0v) is 8.82. The van der Waals surface area contributed by atoms with Crippen molar-refractivity contribution in [1.82, 2.24) is 5.32 Å². The monoisotopic (exact) mass is 188 g/mol. The lowest BCUT2D eigenvalue weighted by Crippen LogP contribution is -2.25. The highest BCUT2D eigenvalue weighted by Crippen LogP contribution is 2.30. The summed E-state index contributed by atoms with van der Waals surface area (Å²) in [7, 11) is 0. The normalized spacial score (nSPS) is 20.6. The highest BCUT2D eigenvalue weighted by atomic mass is 14.9.